The third-order valence-electron chi connectivity index (χ3n) is 2.04. The molecule has 0 heterocycles. The first-order chi connectivity index (χ1) is 7.90. The van der Waals surface area contributed by atoms with Gasteiger partial charge in [-0.05, 0) is 34.7 Å². The van der Waals surface area contributed by atoms with Crippen molar-refractivity contribution in [2.75, 3.05) is 28.2 Å². The third-order valence-corrected chi connectivity index (χ3v) is 2.71. The maximum absolute atomic E-state index is 13.9. The second-order valence-corrected chi connectivity index (χ2v) is 5.51. The van der Waals surface area contributed by atoms with Crippen molar-refractivity contribution < 1.29 is 8.97 Å². The van der Waals surface area contributed by atoms with Gasteiger partial charge in [-0.25, -0.2) is 8.97 Å². The van der Waals surface area contributed by atoms with Crippen molar-refractivity contribution in [2.24, 2.45) is 0 Å². The highest BCUT2D eigenvalue weighted by Crippen LogP contribution is 2.19. The molecular weight excluding hydrogens is 330 g/mol. The zero-order chi connectivity index (χ0) is 13.0. The van der Waals surface area contributed by atoms with Crippen LogP contribution in [0.3, 0.4) is 0 Å². The van der Waals surface area contributed by atoms with E-state index in [2.05, 4.69) is 22.6 Å². The molecular formula is C13H17FIN2+. The van der Waals surface area contributed by atoms with Gasteiger partial charge < -0.3 is 4.90 Å². The molecule has 0 aliphatic heterocycles. The molecule has 0 spiro atoms. The fourth-order valence-corrected chi connectivity index (χ4v) is 1.91. The van der Waals surface area contributed by atoms with E-state index in [-0.39, 0.29) is 5.82 Å². The topological polar surface area (TPSA) is 6.25 Å². The quantitative estimate of drug-likeness (QED) is 0.463. The Balaban J connectivity index is 3.28. The van der Waals surface area contributed by atoms with E-state index in [1.807, 2.05) is 62.2 Å². The number of nitrogens with zero attached hydrogens (tertiary/aromatic N) is 2. The van der Waals surface area contributed by atoms with E-state index in [0.29, 0.717) is 5.56 Å². The number of hydrogen-bond acceptors (Lipinski definition) is 1. The predicted molar refractivity (Wildman–Crippen MR) is 79.0 cm³/mol. The third kappa shape index (κ3) is 4.46. The molecule has 1 aromatic carbocycles. The first kappa shape index (κ1) is 14.2. The van der Waals surface area contributed by atoms with Crippen LogP contribution in [0.4, 0.5) is 4.39 Å². The molecule has 0 atom stereocenters. The number of rotatable bonds is 3. The number of benzene rings is 1. The Morgan fingerprint density at radius 2 is 2.00 bits per heavy atom. The molecule has 2 nitrogen and oxygen atoms in total. The lowest BCUT2D eigenvalue weighted by Crippen LogP contribution is -2.08. The molecule has 17 heavy (non-hydrogen) atoms. The van der Waals surface area contributed by atoms with Gasteiger partial charge in [0.2, 0.25) is 0 Å². The molecule has 0 bridgehead atoms. The summed E-state index contributed by atoms with van der Waals surface area (Å²) in [6, 6.07) is 5.27. The molecule has 0 radical (unpaired) electrons. The average molecular weight is 347 g/mol. The molecule has 0 fully saturated rings. The Kier molecular flexibility index (Phi) is 5.11. The van der Waals surface area contributed by atoms with E-state index in [1.54, 1.807) is 6.07 Å². The van der Waals surface area contributed by atoms with Gasteiger partial charge in [0.15, 0.2) is 6.21 Å². The summed E-state index contributed by atoms with van der Waals surface area (Å²) >= 11 is 2.11. The van der Waals surface area contributed by atoms with Crippen molar-refractivity contribution in [3.8, 4) is 0 Å². The molecule has 1 rings (SSSR count). The van der Waals surface area contributed by atoms with Crippen LogP contribution in [-0.4, -0.2) is 43.9 Å². The second-order valence-electron chi connectivity index (χ2n) is 4.26. The molecule has 0 aliphatic carbocycles. The summed E-state index contributed by atoms with van der Waals surface area (Å²) in [4.78, 5) is 1.91. The van der Waals surface area contributed by atoms with Gasteiger partial charge in [0, 0.05) is 29.4 Å². The Labute approximate surface area is 116 Å². The first-order valence-corrected chi connectivity index (χ1v) is 6.33. The van der Waals surface area contributed by atoms with Crippen molar-refractivity contribution in [3.63, 3.8) is 0 Å². The molecule has 0 saturated heterocycles. The van der Waals surface area contributed by atoms with E-state index < -0.39 is 0 Å². The summed E-state index contributed by atoms with van der Waals surface area (Å²) in [6.45, 7) is 0. The zero-order valence-electron chi connectivity index (χ0n) is 10.5. The summed E-state index contributed by atoms with van der Waals surface area (Å²) in [5, 5.41) is 0. The van der Waals surface area contributed by atoms with Crippen LogP contribution in [-0.2, 0) is 0 Å². The van der Waals surface area contributed by atoms with Crippen molar-refractivity contribution in [1.29, 1.82) is 0 Å². The van der Waals surface area contributed by atoms with Gasteiger partial charge >= 0.3 is 0 Å². The smallest absolute Gasteiger partial charge is 0.172 e. The van der Waals surface area contributed by atoms with Gasteiger partial charge in [-0.2, -0.15) is 0 Å². The van der Waals surface area contributed by atoms with E-state index >= 15 is 0 Å². The van der Waals surface area contributed by atoms with Gasteiger partial charge in [-0.3, -0.25) is 0 Å². The lowest BCUT2D eigenvalue weighted by Gasteiger charge is -2.09. The van der Waals surface area contributed by atoms with E-state index in [4.69, 9.17) is 0 Å². The van der Waals surface area contributed by atoms with E-state index in [9.17, 15) is 4.39 Å². The maximum atomic E-state index is 13.9. The maximum Gasteiger partial charge on any atom is 0.172 e. The van der Waals surface area contributed by atoms with Crippen molar-refractivity contribution in [2.45, 2.75) is 0 Å². The Morgan fingerprint density at radius 1 is 1.35 bits per heavy atom. The highest BCUT2D eigenvalue weighted by molar-refractivity contribution is 14.1. The van der Waals surface area contributed by atoms with Crippen molar-refractivity contribution >= 4 is 34.4 Å². The van der Waals surface area contributed by atoms with Crippen molar-refractivity contribution in [1.82, 2.24) is 4.90 Å². The van der Waals surface area contributed by atoms with E-state index in [0.717, 1.165) is 9.14 Å². The average Bonchev–Trinajstić information content (AvgIpc) is 2.14. The lowest BCUT2D eigenvalue weighted by molar-refractivity contribution is -0.458. The molecule has 0 saturated carbocycles. The SMILES string of the molecule is CN(C)/C=C(/C=[N+](C)C)c1ccc(I)cc1F. The minimum absolute atomic E-state index is 0.192. The van der Waals surface area contributed by atoms with Crippen LogP contribution in [0.15, 0.2) is 24.4 Å². The highest BCUT2D eigenvalue weighted by Gasteiger charge is 2.09. The number of halogens is 2. The van der Waals surface area contributed by atoms with Gasteiger partial charge in [0.25, 0.3) is 0 Å². The molecule has 0 aromatic heterocycles. The van der Waals surface area contributed by atoms with Crippen LogP contribution >= 0.6 is 22.6 Å². The van der Waals surface area contributed by atoms with Crippen LogP contribution < -0.4 is 0 Å². The molecule has 1 aromatic rings. The molecule has 0 aliphatic rings. The predicted octanol–water partition coefficient (Wildman–Crippen LogP) is 2.68. The molecule has 0 N–H and O–H groups in total. The lowest BCUT2D eigenvalue weighted by atomic mass is 10.1. The Bertz CT molecular complexity index is 460. The first-order valence-electron chi connectivity index (χ1n) is 5.25. The minimum Gasteiger partial charge on any atom is -0.383 e. The zero-order valence-corrected chi connectivity index (χ0v) is 12.7. The molecule has 4 heteroatoms. The number of hydrogen-bond donors (Lipinski definition) is 0. The standard InChI is InChI=1S/C13H17FIN2/c1-16(2)8-10(9-17(3)4)12-6-5-11(15)7-13(12)14/h5-9H,1-4H3/q+1. The Morgan fingerprint density at radius 3 is 2.47 bits per heavy atom. The molecule has 92 valence electrons. The summed E-state index contributed by atoms with van der Waals surface area (Å²) in [5.41, 5.74) is 1.47. The van der Waals surface area contributed by atoms with Crippen LogP contribution in [0.1, 0.15) is 5.56 Å². The molecule has 0 amide bonds. The van der Waals surface area contributed by atoms with Crippen LogP contribution in [0.5, 0.6) is 0 Å². The summed E-state index contributed by atoms with van der Waals surface area (Å²) < 4.78 is 16.7. The van der Waals surface area contributed by atoms with Crippen LogP contribution in [0.2, 0.25) is 0 Å². The van der Waals surface area contributed by atoms with Gasteiger partial charge in [0.05, 0.1) is 5.57 Å². The van der Waals surface area contributed by atoms with Crippen LogP contribution in [0, 0.1) is 9.39 Å². The van der Waals surface area contributed by atoms with Crippen LogP contribution in [0.25, 0.3) is 5.57 Å². The van der Waals surface area contributed by atoms with Crippen molar-refractivity contribution in [3.05, 3.63) is 39.3 Å². The van der Waals surface area contributed by atoms with Gasteiger partial charge in [-0.15, -0.1) is 0 Å². The monoisotopic (exact) mass is 347 g/mol. The largest absolute Gasteiger partial charge is 0.383 e. The fraction of sp³-hybridized carbons (Fsp3) is 0.308. The fourth-order valence-electron chi connectivity index (χ4n) is 1.45. The second kappa shape index (κ2) is 6.14. The summed E-state index contributed by atoms with van der Waals surface area (Å²) in [7, 11) is 7.70. The summed E-state index contributed by atoms with van der Waals surface area (Å²) in [5.74, 6) is -0.192. The normalized spacial score (nSPS) is 11.3. The van der Waals surface area contributed by atoms with E-state index in [1.165, 1.54) is 0 Å². The molecule has 0 unspecified atom stereocenters. The number of allylic oxidation sites excluding steroid dienone is 1. The minimum atomic E-state index is -0.192. The Hall–Kier alpha value is -0.910. The highest BCUT2D eigenvalue weighted by atomic mass is 127. The summed E-state index contributed by atoms with van der Waals surface area (Å²) in [6.07, 6.45) is 3.82. The van der Waals surface area contributed by atoms with Gasteiger partial charge in [-0.1, -0.05) is 6.07 Å². The van der Waals surface area contributed by atoms with Gasteiger partial charge in [0.1, 0.15) is 19.9 Å².